The van der Waals surface area contributed by atoms with Gasteiger partial charge < -0.3 is 0 Å². The van der Waals surface area contributed by atoms with Crippen LogP contribution in [0.2, 0.25) is 0 Å². The normalized spacial score (nSPS) is 14.3. The predicted octanol–water partition coefficient (Wildman–Crippen LogP) is 2.55. The average Bonchev–Trinajstić information content (AvgIpc) is 1.83. The van der Waals surface area contributed by atoms with Crippen LogP contribution in [0, 0.1) is 5.92 Å². The Kier molecular flexibility index (Phi) is 5.21. The first-order chi connectivity index (χ1) is 4.16. The van der Waals surface area contributed by atoms with Gasteiger partial charge in [0.25, 0.3) is 0 Å². The van der Waals surface area contributed by atoms with Gasteiger partial charge in [0, 0.05) is 6.04 Å². The Morgan fingerprint density at radius 2 is 1.78 bits per heavy atom. The molecule has 0 spiro atoms. The number of rotatable bonds is 4. The van der Waals surface area contributed by atoms with Crippen molar-refractivity contribution >= 4 is 11.8 Å². The van der Waals surface area contributed by atoms with Crippen molar-refractivity contribution in [1.82, 2.24) is 4.84 Å². The van der Waals surface area contributed by atoms with Gasteiger partial charge in [-0.2, -0.15) is 0 Å². The first kappa shape index (κ1) is 9.25. The Balaban J connectivity index is 3.06. The van der Waals surface area contributed by atoms with Crippen LogP contribution in [0.3, 0.4) is 0 Å². The molecule has 56 valence electrons. The van der Waals surface area contributed by atoms with Crippen molar-refractivity contribution in [3.8, 4) is 0 Å². The van der Waals surface area contributed by atoms with Crippen LogP contribution >= 0.6 is 11.8 Å². The largest absolute Gasteiger partial charge is 0.231 e. The highest BCUT2D eigenvalue weighted by Crippen LogP contribution is 2.06. The van der Waals surface area contributed by atoms with Crippen LogP contribution in [0.4, 0.5) is 0 Å². The van der Waals surface area contributed by atoms with Gasteiger partial charge in [-0.3, -0.25) is 0 Å². The molecule has 0 aromatic heterocycles. The van der Waals surface area contributed by atoms with Crippen molar-refractivity contribution in [2.75, 3.05) is 0 Å². The highest BCUT2D eigenvalue weighted by Gasteiger charge is 1.99. The van der Waals surface area contributed by atoms with E-state index in [9.17, 15) is 0 Å². The van der Waals surface area contributed by atoms with Gasteiger partial charge in [-0.1, -0.05) is 13.8 Å². The lowest BCUT2D eigenvalue weighted by Gasteiger charge is -2.09. The molecule has 9 heavy (non-hydrogen) atoms. The van der Waals surface area contributed by atoms with Crippen molar-refractivity contribution in [3.05, 3.63) is 0 Å². The van der Waals surface area contributed by atoms with E-state index in [1.54, 1.807) is 0 Å². The van der Waals surface area contributed by atoms with Crippen LogP contribution in [-0.4, -0.2) is 6.04 Å². The minimum atomic E-state index is 0.453. The fourth-order valence-corrected chi connectivity index (χ4v) is 0.747. The summed E-state index contributed by atoms with van der Waals surface area (Å²) in [5.74, 6) is 0.789. The summed E-state index contributed by atoms with van der Waals surface area (Å²) in [6.07, 6.45) is 2.42. The summed E-state index contributed by atoms with van der Waals surface area (Å²) in [6.45, 7) is 6.54. The third kappa shape index (κ3) is 6.13. The highest BCUT2D eigenvalue weighted by molar-refractivity contribution is 6.13. The molecule has 0 aromatic rings. The molecule has 0 fully saturated rings. The fourth-order valence-electron chi connectivity index (χ4n) is 0.638. The number of hydrogen-bond acceptors (Lipinski definition) is 1. The number of halogens is 1. The summed E-state index contributed by atoms with van der Waals surface area (Å²) in [6, 6.07) is 0.453. The van der Waals surface area contributed by atoms with Crippen molar-refractivity contribution in [2.45, 2.75) is 39.7 Å². The van der Waals surface area contributed by atoms with Crippen LogP contribution in [-0.2, 0) is 0 Å². The maximum atomic E-state index is 5.39. The summed E-state index contributed by atoms with van der Waals surface area (Å²) in [7, 11) is 0. The molecule has 1 atom stereocenters. The molecule has 0 aliphatic rings. The quantitative estimate of drug-likeness (QED) is 0.606. The van der Waals surface area contributed by atoms with E-state index in [0.29, 0.717) is 6.04 Å². The van der Waals surface area contributed by atoms with E-state index < -0.39 is 0 Å². The molecule has 1 unspecified atom stereocenters. The second-order valence-corrected chi connectivity index (χ2v) is 3.20. The second kappa shape index (κ2) is 5.07. The van der Waals surface area contributed by atoms with Crippen molar-refractivity contribution < 1.29 is 0 Å². The molecule has 0 bridgehead atoms. The summed E-state index contributed by atoms with van der Waals surface area (Å²) in [5, 5.41) is 0. The molecule has 0 rings (SSSR count). The first-order valence-corrected chi connectivity index (χ1v) is 3.90. The van der Waals surface area contributed by atoms with E-state index in [2.05, 4.69) is 25.6 Å². The zero-order chi connectivity index (χ0) is 7.28. The second-order valence-electron chi connectivity index (χ2n) is 2.98. The van der Waals surface area contributed by atoms with E-state index >= 15 is 0 Å². The Morgan fingerprint density at radius 3 is 2.11 bits per heavy atom. The molecule has 0 saturated heterocycles. The Bertz CT molecular complexity index is 63.9. The zero-order valence-electron chi connectivity index (χ0n) is 6.45. The van der Waals surface area contributed by atoms with E-state index in [0.717, 1.165) is 5.92 Å². The topological polar surface area (TPSA) is 12.0 Å². The molecule has 0 radical (unpaired) electrons. The van der Waals surface area contributed by atoms with Gasteiger partial charge in [0.1, 0.15) is 0 Å². The molecule has 0 saturated carbocycles. The first-order valence-electron chi connectivity index (χ1n) is 3.53. The lowest BCUT2D eigenvalue weighted by atomic mass is 10.1. The van der Waals surface area contributed by atoms with Gasteiger partial charge in [-0.25, -0.2) is 4.84 Å². The summed E-state index contributed by atoms with van der Waals surface area (Å²) in [5.41, 5.74) is 0. The molecule has 0 heterocycles. The summed E-state index contributed by atoms with van der Waals surface area (Å²) >= 11 is 5.39. The zero-order valence-corrected chi connectivity index (χ0v) is 7.20. The lowest BCUT2D eigenvalue weighted by molar-refractivity contribution is 0.499. The third-order valence-electron chi connectivity index (χ3n) is 1.36. The molecule has 0 amide bonds. The minimum Gasteiger partial charge on any atom is -0.231 e. The summed E-state index contributed by atoms with van der Waals surface area (Å²) < 4.78 is 0. The predicted molar refractivity (Wildman–Crippen MR) is 42.5 cm³/mol. The Morgan fingerprint density at radius 1 is 1.22 bits per heavy atom. The third-order valence-corrected chi connectivity index (χ3v) is 1.74. The SMILES string of the molecule is CC(C)CCC(C)NCl. The molecule has 1 N–H and O–H groups in total. The van der Waals surface area contributed by atoms with Crippen LogP contribution in [0.25, 0.3) is 0 Å². The molecule has 0 aromatic carbocycles. The van der Waals surface area contributed by atoms with E-state index in [1.807, 2.05) is 0 Å². The summed E-state index contributed by atoms with van der Waals surface area (Å²) in [4.78, 5) is 2.69. The highest BCUT2D eigenvalue weighted by atomic mass is 35.5. The van der Waals surface area contributed by atoms with Crippen molar-refractivity contribution in [2.24, 2.45) is 5.92 Å². The maximum Gasteiger partial charge on any atom is 0.0192 e. The van der Waals surface area contributed by atoms with Gasteiger partial charge in [-0.05, 0) is 37.5 Å². The maximum absolute atomic E-state index is 5.39. The van der Waals surface area contributed by atoms with Gasteiger partial charge in [0.2, 0.25) is 0 Å². The van der Waals surface area contributed by atoms with Crippen molar-refractivity contribution in [1.29, 1.82) is 0 Å². The van der Waals surface area contributed by atoms with Crippen LogP contribution in [0.15, 0.2) is 0 Å². The standard InChI is InChI=1S/C7H16ClN/c1-6(2)4-5-7(3)9-8/h6-7,9H,4-5H2,1-3H3. The van der Waals surface area contributed by atoms with Crippen LogP contribution in [0.1, 0.15) is 33.6 Å². The van der Waals surface area contributed by atoms with Crippen LogP contribution < -0.4 is 4.84 Å². The molecule has 2 heteroatoms. The number of hydrogen-bond donors (Lipinski definition) is 1. The molecular weight excluding hydrogens is 134 g/mol. The number of nitrogens with one attached hydrogen (secondary N) is 1. The monoisotopic (exact) mass is 149 g/mol. The lowest BCUT2D eigenvalue weighted by Crippen LogP contribution is -2.16. The van der Waals surface area contributed by atoms with E-state index in [-0.39, 0.29) is 0 Å². The van der Waals surface area contributed by atoms with Crippen LogP contribution in [0.5, 0.6) is 0 Å². The molecule has 1 nitrogen and oxygen atoms in total. The van der Waals surface area contributed by atoms with Gasteiger partial charge >= 0.3 is 0 Å². The Hall–Kier alpha value is 0.250. The molecule has 0 aliphatic heterocycles. The fraction of sp³-hybridized carbons (Fsp3) is 1.00. The Labute approximate surface area is 62.9 Å². The average molecular weight is 150 g/mol. The smallest absolute Gasteiger partial charge is 0.0192 e. The van der Waals surface area contributed by atoms with E-state index in [4.69, 9.17) is 11.8 Å². The van der Waals surface area contributed by atoms with Gasteiger partial charge in [0.15, 0.2) is 0 Å². The van der Waals surface area contributed by atoms with Gasteiger partial charge in [0.05, 0.1) is 0 Å². The molecule has 0 aliphatic carbocycles. The van der Waals surface area contributed by atoms with E-state index in [1.165, 1.54) is 12.8 Å². The minimum absolute atomic E-state index is 0.453. The molecular formula is C7H16ClN. The van der Waals surface area contributed by atoms with Gasteiger partial charge in [-0.15, -0.1) is 0 Å². The van der Waals surface area contributed by atoms with Crippen molar-refractivity contribution in [3.63, 3.8) is 0 Å².